The fraction of sp³-hybridized carbons (Fsp3) is 0.500. The van der Waals surface area contributed by atoms with Gasteiger partial charge in [0.2, 0.25) is 0 Å². The summed E-state index contributed by atoms with van der Waals surface area (Å²) in [4.78, 5) is 12.3. The van der Waals surface area contributed by atoms with Crippen LogP contribution in [0.15, 0.2) is 23.3 Å². The molecule has 6 heteroatoms. The number of rotatable bonds is 5. The van der Waals surface area contributed by atoms with E-state index in [9.17, 15) is 13.6 Å². The van der Waals surface area contributed by atoms with E-state index in [1.165, 1.54) is 18.3 Å². The highest BCUT2D eigenvalue weighted by atomic mass is 19.2. The molecule has 22 heavy (non-hydrogen) atoms. The first-order valence-corrected chi connectivity index (χ1v) is 7.48. The molecule has 1 aromatic rings. The van der Waals surface area contributed by atoms with Crippen molar-refractivity contribution in [1.29, 1.82) is 0 Å². The van der Waals surface area contributed by atoms with E-state index in [1.54, 1.807) is 11.9 Å². The van der Waals surface area contributed by atoms with E-state index in [4.69, 9.17) is 4.74 Å². The quantitative estimate of drug-likeness (QED) is 0.620. The molecule has 120 valence electrons. The number of hydrazone groups is 1. The molecule has 1 atom stereocenters. The van der Waals surface area contributed by atoms with Crippen LogP contribution in [0, 0.1) is 11.6 Å². The Bertz CT molecular complexity index is 577. The zero-order chi connectivity index (χ0) is 16.2. The summed E-state index contributed by atoms with van der Waals surface area (Å²) in [6.07, 6.45) is 3.25. The highest BCUT2D eigenvalue weighted by Crippen LogP contribution is 2.34. The maximum absolute atomic E-state index is 13.7. The molecule has 0 aliphatic carbocycles. The van der Waals surface area contributed by atoms with Crippen LogP contribution in [0.2, 0.25) is 0 Å². The third kappa shape index (κ3) is 2.96. The number of carbonyl (C=O) groups excluding carboxylic acids is 1. The average molecular weight is 310 g/mol. The summed E-state index contributed by atoms with van der Waals surface area (Å²) in [6.45, 7) is 4.54. The summed E-state index contributed by atoms with van der Waals surface area (Å²) in [6, 6.07) is 3.91. The van der Waals surface area contributed by atoms with Crippen molar-refractivity contribution in [3.05, 3.63) is 35.4 Å². The van der Waals surface area contributed by atoms with E-state index in [0.717, 1.165) is 12.5 Å². The van der Waals surface area contributed by atoms with Crippen molar-refractivity contribution >= 4 is 12.2 Å². The van der Waals surface area contributed by atoms with Crippen molar-refractivity contribution in [2.75, 3.05) is 13.2 Å². The SMILES string of the molecule is CCOC(=O)C1(CC)CCCN1N=Cc1cccc(F)c1F. The van der Waals surface area contributed by atoms with Gasteiger partial charge in [0.25, 0.3) is 0 Å². The Morgan fingerprint density at radius 3 is 2.91 bits per heavy atom. The van der Waals surface area contributed by atoms with Crippen molar-refractivity contribution in [2.24, 2.45) is 5.10 Å². The number of esters is 1. The lowest BCUT2D eigenvalue weighted by Crippen LogP contribution is -2.48. The van der Waals surface area contributed by atoms with E-state index in [1.807, 2.05) is 6.92 Å². The minimum absolute atomic E-state index is 0.0563. The van der Waals surface area contributed by atoms with Crippen molar-refractivity contribution in [3.63, 3.8) is 0 Å². The molecule has 4 nitrogen and oxygen atoms in total. The highest BCUT2D eigenvalue weighted by molar-refractivity contribution is 5.83. The lowest BCUT2D eigenvalue weighted by atomic mass is 9.94. The maximum Gasteiger partial charge on any atom is 0.333 e. The Balaban J connectivity index is 2.25. The molecule has 0 bridgehead atoms. The van der Waals surface area contributed by atoms with E-state index < -0.39 is 17.2 Å². The molecule has 1 fully saturated rings. The normalized spacial score (nSPS) is 21.5. The second kappa shape index (κ2) is 6.85. The molecule has 0 N–H and O–H groups in total. The molecule has 1 unspecified atom stereocenters. The molecule has 0 radical (unpaired) electrons. The minimum Gasteiger partial charge on any atom is -0.464 e. The standard InChI is InChI=1S/C16H20F2N2O2/c1-3-16(15(21)22-4-2)9-6-10-20(16)19-11-12-7-5-8-13(17)14(12)18/h5,7-8,11H,3-4,6,9-10H2,1-2H3. The Morgan fingerprint density at radius 1 is 1.45 bits per heavy atom. The van der Waals surface area contributed by atoms with Crippen LogP contribution in [-0.4, -0.2) is 35.9 Å². The van der Waals surface area contributed by atoms with Gasteiger partial charge in [-0.1, -0.05) is 19.1 Å². The van der Waals surface area contributed by atoms with Crippen LogP contribution < -0.4 is 0 Å². The summed E-state index contributed by atoms with van der Waals surface area (Å²) in [5.41, 5.74) is -0.753. The molecule has 1 saturated heterocycles. The van der Waals surface area contributed by atoms with Gasteiger partial charge in [0.15, 0.2) is 17.2 Å². The predicted octanol–water partition coefficient (Wildman–Crippen LogP) is 3.11. The number of halogens is 2. The lowest BCUT2D eigenvalue weighted by Gasteiger charge is -2.33. The van der Waals surface area contributed by atoms with E-state index >= 15 is 0 Å². The molecule has 1 aromatic carbocycles. The van der Waals surface area contributed by atoms with Crippen LogP contribution in [0.3, 0.4) is 0 Å². The molecule has 0 spiro atoms. The Morgan fingerprint density at radius 2 is 2.23 bits per heavy atom. The number of hydrogen-bond donors (Lipinski definition) is 0. The molecule has 0 aromatic heterocycles. The van der Waals surface area contributed by atoms with Crippen molar-refractivity contribution < 1.29 is 18.3 Å². The smallest absolute Gasteiger partial charge is 0.333 e. The van der Waals surface area contributed by atoms with Gasteiger partial charge in [-0.25, -0.2) is 13.6 Å². The van der Waals surface area contributed by atoms with Crippen molar-refractivity contribution in [3.8, 4) is 0 Å². The van der Waals surface area contributed by atoms with Crippen LogP contribution >= 0.6 is 0 Å². The third-order valence-electron chi connectivity index (χ3n) is 4.01. The van der Waals surface area contributed by atoms with Gasteiger partial charge in [-0.05, 0) is 32.3 Å². The van der Waals surface area contributed by atoms with Crippen LogP contribution in [0.5, 0.6) is 0 Å². The summed E-state index contributed by atoms with van der Waals surface area (Å²) in [5, 5.41) is 5.86. The molecule has 2 rings (SSSR count). The van der Waals surface area contributed by atoms with E-state index in [-0.39, 0.29) is 11.5 Å². The predicted molar refractivity (Wildman–Crippen MR) is 79.5 cm³/mol. The second-order valence-electron chi connectivity index (χ2n) is 5.22. The fourth-order valence-electron chi connectivity index (χ4n) is 2.76. The van der Waals surface area contributed by atoms with Gasteiger partial charge in [0.1, 0.15) is 0 Å². The van der Waals surface area contributed by atoms with Crippen LogP contribution in [0.1, 0.15) is 38.7 Å². The second-order valence-corrected chi connectivity index (χ2v) is 5.22. The maximum atomic E-state index is 13.7. The van der Waals surface area contributed by atoms with Crippen LogP contribution in [0.25, 0.3) is 0 Å². The Labute approximate surface area is 128 Å². The molecular weight excluding hydrogens is 290 g/mol. The van der Waals surface area contributed by atoms with Crippen LogP contribution in [0.4, 0.5) is 8.78 Å². The van der Waals surface area contributed by atoms with Crippen molar-refractivity contribution in [2.45, 2.75) is 38.6 Å². The minimum atomic E-state index is -0.941. The first kappa shape index (κ1) is 16.4. The summed E-state index contributed by atoms with van der Waals surface area (Å²) in [5.74, 6) is -2.17. The molecule has 1 aliphatic heterocycles. The lowest BCUT2D eigenvalue weighted by molar-refractivity contribution is -0.156. The zero-order valence-electron chi connectivity index (χ0n) is 12.8. The van der Waals surface area contributed by atoms with Gasteiger partial charge < -0.3 is 4.74 Å². The molecular formula is C16H20F2N2O2. The highest BCUT2D eigenvalue weighted by Gasteiger charge is 2.47. The first-order valence-electron chi connectivity index (χ1n) is 7.48. The molecule has 1 aliphatic rings. The van der Waals surface area contributed by atoms with Gasteiger partial charge in [0, 0.05) is 12.1 Å². The van der Waals surface area contributed by atoms with Gasteiger partial charge in [0.05, 0.1) is 12.8 Å². The molecule has 0 amide bonds. The monoisotopic (exact) mass is 310 g/mol. The van der Waals surface area contributed by atoms with E-state index in [0.29, 0.717) is 26.0 Å². The fourth-order valence-corrected chi connectivity index (χ4v) is 2.76. The largest absolute Gasteiger partial charge is 0.464 e. The number of ether oxygens (including phenoxy) is 1. The zero-order valence-corrected chi connectivity index (χ0v) is 12.8. The Kier molecular flexibility index (Phi) is 5.11. The average Bonchev–Trinajstić information content (AvgIpc) is 2.93. The number of nitrogens with zero attached hydrogens (tertiary/aromatic N) is 2. The van der Waals surface area contributed by atoms with Crippen molar-refractivity contribution in [1.82, 2.24) is 5.01 Å². The topological polar surface area (TPSA) is 41.9 Å². The van der Waals surface area contributed by atoms with Gasteiger partial charge in [-0.2, -0.15) is 5.10 Å². The third-order valence-corrected chi connectivity index (χ3v) is 4.01. The number of benzene rings is 1. The summed E-state index contributed by atoms with van der Waals surface area (Å²) in [7, 11) is 0. The number of hydrogen-bond acceptors (Lipinski definition) is 4. The molecule has 0 saturated carbocycles. The van der Waals surface area contributed by atoms with Gasteiger partial charge in [-0.15, -0.1) is 0 Å². The van der Waals surface area contributed by atoms with E-state index in [2.05, 4.69) is 5.10 Å². The molecule has 1 heterocycles. The van der Waals surface area contributed by atoms with Crippen LogP contribution in [-0.2, 0) is 9.53 Å². The Hall–Kier alpha value is -1.98. The first-order chi connectivity index (χ1) is 10.5. The summed E-state index contributed by atoms with van der Waals surface area (Å²) < 4.78 is 32.0. The van der Waals surface area contributed by atoms with Gasteiger partial charge >= 0.3 is 5.97 Å². The number of carbonyl (C=O) groups is 1. The van der Waals surface area contributed by atoms with Gasteiger partial charge in [-0.3, -0.25) is 5.01 Å². The summed E-state index contributed by atoms with van der Waals surface area (Å²) >= 11 is 0.